The molecule has 1 nitrogen and oxygen atoms in total. The Morgan fingerprint density at radius 1 is 1.58 bits per heavy atom. The Balaban J connectivity index is 3.77. The van der Waals surface area contributed by atoms with Gasteiger partial charge >= 0.3 is 0 Å². The second kappa shape index (κ2) is 8.28. The van der Waals surface area contributed by atoms with Crippen LogP contribution in [0.4, 0.5) is 0 Å². The van der Waals surface area contributed by atoms with E-state index in [0.717, 1.165) is 6.54 Å². The summed E-state index contributed by atoms with van der Waals surface area (Å²) in [6, 6.07) is 0. The molecule has 0 spiro atoms. The number of aliphatic imine (C=N–C) groups is 1. The van der Waals surface area contributed by atoms with Gasteiger partial charge in [0.05, 0.1) is 6.54 Å². The smallest absolute Gasteiger partial charge is 0.0599 e. The minimum Gasteiger partial charge on any atom is -0.289 e. The zero-order valence-electron chi connectivity index (χ0n) is 7.33. The predicted octanol–water partition coefficient (Wildman–Crippen LogP) is 2.98. The fourth-order valence-corrected chi connectivity index (χ4v) is 0.711. The van der Waals surface area contributed by atoms with Gasteiger partial charge in [-0.3, -0.25) is 4.99 Å². The number of hydrogen-bond acceptors (Lipinski definition) is 1. The van der Waals surface area contributed by atoms with Crippen LogP contribution in [0.25, 0.3) is 0 Å². The molecule has 12 heavy (non-hydrogen) atoms. The molecule has 66 valence electrons. The molecule has 0 aliphatic heterocycles. The lowest BCUT2D eigenvalue weighted by molar-refractivity contribution is 1.14. The monoisotopic (exact) mass is 183 g/mol. The SMILES string of the molecule is C=C/C=N/C/C(C)=C/C=C\CCl. The van der Waals surface area contributed by atoms with Crippen molar-refractivity contribution in [2.75, 3.05) is 12.4 Å². The van der Waals surface area contributed by atoms with E-state index in [1.807, 2.05) is 25.2 Å². The topological polar surface area (TPSA) is 12.4 Å². The van der Waals surface area contributed by atoms with Crippen LogP contribution in [0, 0.1) is 0 Å². The van der Waals surface area contributed by atoms with Gasteiger partial charge in [-0.25, -0.2) is 0 Å². The summed E-state index contributed by atoms with van der Waals surface area (Å²) >= 11 is 5.45. The first-order valence-electron chi connectivity index (χ1n) is 3.80. The van der Waals surface area contributed by atoms with Crippen LogP contribution in [0.1, 0.15) is 6.92 Å². The van der Waals surface area contributed by atoms with Crippen LogP contribution in [0.3, 0.4) is 0 Å². The Morgan fingerprint density at radius 3 is 2.92 bits per heavy atom. The largest absolute Gasteiger partial charge is 0.289 e. The van der Waals surface area contributed by atoms with E-state index in [1.54, 1.807) is 12.3 Å². The van der Waals surface area contributed by atoms with Crippen molar-refractivity contribution in [3.05, 3.63) is 36.5 Å². The Kier molecular flexibility index (Phi) is 7.71. The molecular formula is C10H14ClN. The molecule has 0 saturated heterocycles. The van der Waals surface area contributed by atoms with E-state index in [-0.39, 0.29) is 0 Å². The Morgan fingerprint density at radius 2 is 2.33 bits per heavy atom. The molecule has 0 aromatic rings. The summed E-state index contributed by atoms with van der Waals surface area (Å²) in [6.45, 7) is 6.28. The second-order valence-corrected chi connectivity index (χ2v) is 2.63. The summed E-state index contributed by atoms with van der Waals surface area (Å²) in [7, 11) is 0. The maximum Gasteiger partial charge on any atom is 0.0599 e. The number of halogens is 1. The molecule has 0 aromatic carbocycles. The highest BCUT2D eigenvalue weighted by molar-refractivity contribution is 6.18. The van der Waals surface area contributed by atoms with E-state index < -0.39 is 0 Å². The number of nitrogens with zero attached hydrogens (tertiary/aromatic N) is 1. The maximum absolute atomic E-state index is 5.45. The fourth-order valence-electron chi connectivity index (χ4n) is 0.608. The van der Waals surface area contributed by atoms with Crippen LogP contribution in [0.15, 0.2) is 41.4 Å². The first-order chi connectivity index (χ1) is 5.81. The van der Waals surface area contributed by atoms with Crippen LogP contribution < -0.4 is 0 Å². The lowest BCUT2D eigenvalue weighted by Gasteiger charge is -1.90. The predicted molar refractivity (Wildman–Crippen MR) is 57.2 cm³/mol. The van der Waals surface area contributed by atoms with Gasteiger partial charge < -0.3 is 0 Å². The van der Waals surface area contributed by atoms with E-state index in [2.05, 4.69) is 11.6 Å². The maximum atomic E-state index is 5.45. The number of hydrogen-bond donors (Lipinski definition) is 0. The van der Waals surface area contributed by atoms with Crippen molar-refractivity contribution in [3.8, 4) is 0 Å². The molecule has 0 heterocycles. The van der Waals surface area contributed by atoms with Crippen LogP contribution in [-0.4, -0.2) is 18.6 Å². The quantitative estimate of drug-likeness (QED) is 0.353. The zero-order valence-corrected chi connectivity index (χ0v) is 8.09. The molecule has 0 radical (unpaired) electrons. The van der Waals surface area contributed by atoms with E-state index in [4.69, 9.17) is 11.6 Å². The van der Waals surface area contributed by atoms with Gasteiger partial charge in [-0.2, -0.15) is 0 Å². The van der Waals surface area contributed by atoms with Gasteiger partial charge in [0.1, 0.15) is 0 Å². The fraction of sp³-hybridized carbons (Fsp3) is 0.300. The molecule has 0 bridgehead atoms. The normalized spacial score (nSPS) is 13.0. The molecule has 0 unspecified atom stereocenters. The molecule has 2 heteroatoms. The number of rotatable bonds is 5. The van der Waals surface area contributed by atoms with Crippen molar-refractivity contribution in [3.63, 3.8) is 0 Å². The summed E-state index contributed by atoms with van der Waals surface area (Å²) in [5.74, 6) is 0.555. The molecule has 0 aromatic heterocycles. The van der Waals surface area contributed by atoms with Gasteiger partial charge in [0.25, 0.3) is 0 Å². The standard InChI is InChI=1S/C10H14ClN/c1-3-8-12-9-10(2)6-4-5-7-11/h3-6,8H,1,7,9H2,2H3/b5-4-,10-6+,12-8+. The average Bonchev–Trinajstić information content (AvgIpc) is 2.06. The molecule has 0 aliphatic carbocycles. The van der Waals surface area contributed by atoms with Crippen molar-refractivity contribution in [2.24, 2.45) is 4.99 Å². The van der Waals surface area contributed by atoms with Gasteiger partial charge in [-0.15, -0.1) is 11.6 Å². The van der Waals surface area contributed by atoms with Crippen LogP contribution >= 0.6 is 11.6 Å². The third-order valence-corrected chi connectivity index (χ3v) is 1.34. The first kappa shape index (κ1) is 11.2. The molecule has 0 rings (SSSR count). The Bertz CT molecular complexity index is 202. The highest BCUT2D eigenvalue weighted by Gasteiger charge is 1.81. The second-order valence-electron chi connectivity index (χ2n) is 2.32. The van der Waals surface area contributed by atoms with Crippen molar-refractivity contribution in [1.82, 2.24) is 0 Å². The summed E-state index contributed by atoms with van der Waals surface area (Å²) in [5.41, 5.74) is 1.20. The highest BCUT2D eigenvalue weighted by Crippen LogP contribution is 1.93. The van der Waals surface area contributed by atoms with Gasteiger partial charge in [-0.1, -0.05) is 36.5 Å². The lowest BCUT2D eigenvalue weighted by Crippen LogP contribution is -1.81. The van der Waals surface area contributed by atoms with E-state index >= 15 is 0 Å². The lowest BCUT2D eigenvalue weighted by atomic mass is 10.3. The van der Waals surface area contributed by atoms with Crippen molar-refractivity contribution in [2.45, 2.75) is 6.92 Å². The Hall–Kier alpha value is -0.820. The molecule has 0 fully saturated rings. The minimum atomic E-state index is 0.555. The van der Waals surface area contributed by atoms with Crippen LogP contribution in [0.2, 0.25) is 0 Å². The summed E-state index contributed by atoms with van der Waals surface area (Å²) in [6.07, 6.45) is 9.20. The van der Waals surface area contributed by atoms with E-state index in [9.17, 15) is 0 Å². The molecule has 0 atom stereocenters. The van der Waals surface area contributed by atoms with Crippen molar-refractivity contribution < 1.29 is 0 Å². The van der Waals surface area contributed by atoms with Gasteiger partial charge in [-0.05, 0) is 6.92 Å². The molecule has 0 saturated carbocycles. The third-order valence-electron chi connectivity index (χ3n) is 1.16. The molecular weight excluding hydrogens is 170 g/mol. The summed E-state index contributed by atoms with van der Waals surface area (Å²) < 4.78 is 0. The van der Waals surface area contributed by atoms with E-state index in [0.29, 0.717) is 5.88 Å². The number of allylic oxidation sites excluding steroid dienone is 4. The molecule has 0 N–H and O–H groups in total. The van der Waals surface area contributed by atoms with Gasteiger partial charge in [0.15, 0.2) is 0 Å². The van der Waals surface area contributed by atoms with E-state index in [1.165, 1.54) is 5.57 Å². The molecule has 0 aliphatic rings. The molecule has 0 amide bonds. The average molecular weight is 184 g/mol. The van der Waals surface area contributed by atoms with Gasteiger partial charge in [0, 0.05) is 12.1 Å². The van der Waals surface area contributed by atoms with Crippen LogP contribution in [0.5, 0.6) is 0 Å². The van der Waals surface area contributed by atoms with Crippen LogP contribution in [-0.2, 0) is 0 Å². The van der Waals surface area contributed by atoms with Crippen molar-refractivity contribution >= 4 is 17.8 Å². The van der Waals surface area contributed by atoms with Crippen molar-refractivity contribution in [1.29, 1.82) is 0 Å². The Labute approximate surface area is 79.2 Å². The van der Waals surface area contributed by atoms with Gasteiger partial charge in [0.2, 0.25) is 0 Å². The zero-order chi connectivity index (χ0) is 9.23. The summed E-state index contributed by atoms with van der Waals surface area (Å²) in [5, 5.41) is 0. The number of alkyl halides is 1. The third kappa shape index (κ3) is 7.29. The first-order valence-corrected chi connectivity index (χ1v) is 4.33. The minimum absolute atomic E-state index is 0.555. The summed E-state index contributed by atoms with van der Waals surface area (Å²) in [4.78, 5) is 4.09. The highest BCUT2D eigenvalue weighted by atomic mass is 35.5.